The molecular formula is C23H21N3O3S2. The minimum atomic E-state index is -0.355. The summed E-state index contributed by atoms with van der Waals surface area (Å²) in [5.41, 5.74) is 3.05. The van der Waals surface area contributed by atoms with Gasteiger partial charge in [0, 0.05) is 7.05 Å². The maximum atomic E-state index is 11.6. The van der Waals surface area contributed by atoms with Gasteiger partial charge in [-0.15, -0.1) is 0 Å². The number of benzene rings is 2. The molecular weight excluding hydrogens is 430 g/mol. The molecule has 0 unspecified atom stereocenters. The molecule has 1 fully saturated rings. The number of ether oxygens (including phenoxy) is 1. The molecule has 2 aromatic carbocycles. The first-order chi connectivity index (χ1) is 15.0. The predicted molar refractivity (Wildman–Crippen MR) is 127 cm³/mol. The summed E-state index contributed by atoms with van der Waals surface area (Å²) in [5.74, 6) is 0.390. The van der Waals surface area contributed by atoms with Crippen LogP contribution in [0.2, 0.25) is 0 Å². The van der Waals surface area contributed by atoms with Crippen LogP contribution in [0.25, 0.3) is 16.5 Å². The highest BCUT2D eigenvalue weighted by Crippen LogP contribution is 2.34. The summed E-state index contributed by atoms with van der Waals surface area (Å²) in [7, 11) is 2.01. The highest BCUT2D eigenvalue weighted by molar-refractivity contribution is 8.18. The number of carbonyl (C=O) groups excluding carboxylic acids is 2. The topological polar surface area (TPSA) is 71.5 Å². The lowest BCUT2D eigenvalue weighted by Crippen LogP contribution is -2.23. The Morgan fingerprint density at radius 3 is 2.52 bits per heavy atom. The predicted octanol–water partition coefficient (Wildman–Crippen LogP) is 4.96. The second kappa shape index (κ2) is 9.36. The highest BCUT2D eigenvalue weighted by atomic mass is 32.2. The van der Waals surface area contributed by atoms with Crippen molar-refractivity contribution in [1.29, 1.82) is 0 Å². The molecule has 0 aliphatic carbocycles. The van der Waals surface area contributed by atoms with Gasteiger partial charge in [0.25, 0.3) is 11.1 Å². The normalized spacial score (nSPS) is 14.7. The summed E-state index contributed by atoms with van der Waals surface area (Å²) in [6, 6.07) is 17.7. The van der Waals surface area contributed by atoms with Crippen LogP contribution in [0.3, 0.4) is 0 Å². The van der Waals surface area contributed by atoms with Crippen molar-refractivity contribution in [3.8, 4) is 16.2 Å². The van der Waals surface area contributed by atoms with Gasteiger partial charge in [-0.25, -0.2) is 4.98 Å². The van der Waals surface area contributed by atoms with E-state index in [1.807, 2.05) is 56.4 Å². The van der Waals surface area contributed by atoms with E-state index in [-0.39, 0.29) is 11.1 Å². The molecule has 1 saturated heterocycles. The fourth-order valence-corrected chi connectivity index (χ4v) is 4.77. The average molecular weight is 452 g/mol. The number of anilines is 1. The smallest absolute Gasteiger partial charge is 0.290 e. The third-order valence-electron chi connectivity index (χ3n) is 4.66. The van der Waals surface area contributed by atoms with Crippen LogP contribution < -0.4 is 15.0 Å². The molecule has 2 amide bonds. The quantitative estimate of drug-likeness (QED) is 0.512. The summed E-state index contributed by atoms with van der Waals surface area (Å²) in [6.45, 7) is 3.25. The van der Waals surface area contributed by atoms with Gasteiger partial charge >= 0.3 is 0 Å². The number of likely N-dealkylation sites (N-methyl/N-ethyl adjacent to an activating group) is 1. The van der Waals surface area contributed by atoms with E-state index < -0.39 is 0 Å². The number of thioether (sulfide) groups is 1. The standard InChI is InChI=1S/C23H21N3O3S2/c1-15-20(17-6-4-3-5-7-17)31-22(24-15)26(2)12-13-29-18-10-8-16(9-11-18)14-19-21(27)25-23(28)30-19/h3-11,14H,12-13H2,1-2H3,(H,25,27,28). The molecule has 1 aliphatic heterocycles. The molecule has 158 valence electrons. The largest absolute Gasteiger partial charge is 0.492 e. The molecule has 0 radical (unpaired) electrons. The van der Waals surface area contributed by atoms with Crippen LogP contribution in [0.15, 0.2) is 59.5 Å². The molecule has 1 aliphatic rings. The van der Waals surface area contributed by atoms with Crippen LogP contribution in [0.5, 0.6) is 5.75 Å². The summed E-state index contributed by atoms with van der Waals surface area (Å²) >= 11 is 2.59. The molecule has 3 aromatic rings. The van der Waals surface area contributed by atoms with Gasteiger partial charge in [-0.2, -0.15) is 0 Å². The molecule has 8 heteroatoms. The number of aryl methyl sites for hydroxylation is 1. The SMILES string of the molecule is Cc1nc(N(C)CCOc2ccc(C=C3SC(=O)NC3=O)cc2)sc1-c1ccccc1. The van der Waals surface area contributed by atoms with Crippen LogP contribution in [0.4, 0.5) is 9.93 Å². The summed E-state index contributed by atoms with van der Waals surface area (Å²) < 4.78 is 5.86. The van der Waals surface area contributed by atoms with Crippen LogP contribution in [0.1, 0.15) is 11.3 Å². The minimum Gasteiger partial charge on any atom is -0.492 e. The van der Waals surface area contributed by atoms with E-state index >= 15 is 0 Å². The highest BCUT2D eigenvalue weighted by Gasteiger charge is 2.24. The van der Waals surface area contributed by atoms with Gasteiger partial charge in [-0.1, -0.05) is 53.8 Å². The van der Waals surface area contributed by atoms with Crippen molar-refractivity contribution in [3.05, 3.63) is 70.8 Å². The van der Waals surface area contributed by atoms with E-state index in [0.717, 1.165) is 33.9 Å². The van der Waals surface area contributed by atoms with E-state index in [2.05, 4.69) is 22.3 Å². The first kappa shape index (κ1) is 21.1. The average Bonchev–Trinajstić information content (AvgIpc) is 3.31. The lowest BCUT2D eigenvalue weighted by atomic mass is 10.2. The second-order valence-corrected chi connectivity index (χ2v) is 8.96. The van der Waals surface area contributed by atoms with Gasteiger partial charge in [-0.05, 0) is 48.0 Å². The van der Waals surface area contributed by atoms with E-state index in [4.69, 9.17) is 9.72 Å². The molecule has 0 saturated carbocycles. The summed E-state index contributed by atoms with van der Waals surface area (Å²) in [6.07, 6.45) is 1.69. The van der Waals surface area contributed by atoms with Crippen molar-refractivity contribution in [1.82, 2.24) is 10.3 Å². The zero-order valence-electron chi connectivity index (χ0n) is 17.1. The molecule has 0 bridgehead atoms. The van der Waals surface area contributed by atoms with Crippen LogP contribution in [-0.4, -0.2) is 36.3 Å². The third kappa shape index (κ3) is 5.15. The zero-order valence-corrected chi connectivity index (χ0v) is 18.8. The molecule has 4 rings (SSSR count). The number of nitrogens with zero attached hydrogens (tertiary/aromatic N) is 2. The first-order valence-electron chi connectivity index (χ1n) is 9.71. The van der Waals surface area contributed by atoms with E-state index in [9.17, 15) is 9.59 Å². The van der Waals surface area contributed by atoms with Crippen LogP contribution in [0, 0.1) is 6.92 Å². The molecule has 31 heavy (non-hydrogen) atoms. The Labute approximate surface area is 188 Å². The molecule has 0 atom stereocenters. The van der Waals surface area contributed by atoms with E-state index in [1.165, 1.54) is 10.4 Å². The minimum absolute atomic E-state index is 0.341. The van der Waals surface area contributed by atoms with E-state index in [1.54, 1.807) is 17.4 Å². The fraction of sp³-hybridized carbons (Fsp3) is 0.174. The van der Waals surface area contributed by atoms with Gasteiger partial charge in [0.15, 0.2) is 5.13 Å². The molecule has 1 N–H and O–H groups in total. The second-order valence-electron chi connectivity index (χ2n) is 6.97. The van der Waals surface area contributed by atoms with Gasteiger partial charge in [0.1, 0.15) is 12.4 Å². The van der Waals surface area contributed by atoms with Gasteiger partial charge in [-0.3, -0.25) is 14.9 Å². The number of nitrogens with one attached hydrogen (secondary N) is 1. The number of hydrogen-bond acceptors (Lipinski definition) is 7. The number of hydrogen-bond donors (Lipinski definition) is 1. The van der Waals surface area contributed by atoms with Gasteiger partial charge < -0.3 is 9.64 Å². The Balaban J connectivity index is 1.32. The molecule has 1 aromatic heterocycles. The summed E-state index contributed by atoms with van der Waals surface area (Å²) in [5, 5.41) is 2.87. The Morgan fingerprint density at radius 2 is 1.84 bits per heavy atom. The third-order valence-corrected chi connectivity index (χ3v) is 6.79. The first-order valence-corrected chi connectivity index (χ1v) is 11.3. The van der Waals surface area contributed by atoms with E-state index in [0.29, 0.717) is 18.1 Å². The maximum Gasteiger partial charge on any atom is 0.290 e. The number of thiazole rings is 1. The van der Waals surface area contributed by atoms with Crippen LogP contribution in [-0.2, 0) is 4.79 Å². The van der Waals surface area contributed by atoms with Crippen molar-refractivity contribution >= 4 is 45.5 Å². The van der Waals surface area contributed by atoms with Crippen molar-refractivity contribution in [2.45, 2.75) is 6.92 Å². The number of aromatic nitrogens is 1. The molecule has 2 heterocycles. The number of amides is 2. The van der Waals surface area contributed by atoms with Crippen molar-refractivity contribution in [2.75, 3.05) is 25.1 Å². The monoisotopic (exact) mass is 451 g/mol. The Morgan fingerprint density at radius 1 is 1.10 bits per heavy atom. The Bertz CT molecular complexity index is 1120. The number of rotatable bonds is 7. The zero-order chi connectivity index (χ0) is 21.8. The van der Waals surface area contributed by atoms with Gasteiger partial charge in [0.2, 0.25) is 0 Å². The lowest BCUT2D eigenvalue weighted by Gasteiger charge is -2.16. The number of imide groups is 1. The number of carbonyl (C=O) groups is 2. The summed E-state index contributed by atoms with van der Waals surface area (Å²) in [4.78, 5) is 31.2. The Hall–Kier alpha value is -3.10. The maximum absolute atomic E-state index is 11.6. The van der Waals surface area contributed by atoms with Crippen molar-refractivity contribution in [2.24, 2.45) is 0 Å². The molecule has 0 spiro atoms. The lowest BCUT2D eigenvalue weighted by molar-refractivity contribution is -0.115. The van der Waals surface area contributed by atoms with Crippen molar-refractivity contribution in [3.63, 3.8) is 0 Å². The van der Waals surface area contributed by atoms with Crippen LogP contribution >= 0.6 is 23.1 Å². The van der Waals surface area contributed by atoms with Crippen molar-refractivity contribution < 1.29 is 14.3 Å². The molecule has 6 nitrogen and oxygen atoms in total. The Kier molecular flexibility index (Phi) is 6.39. The fourth-order valence-electron chi connectivity index (χ4n) is 3.03. The van der Waals surface area contributed by atoms with Gasteiger partial charge in [0.05, 0.1) is 22.0 Å².